The van der Waals surface area contributed by atoms with Crippen LogP contribution in [-0.4, -0.2) is 30.0 Å². The fourth-order valence-corrected chi connectivity index (χ4v) is 3.43. The molecule has 0 radical (unpaired) electrons. The van der Waals surface area contributed by atoms with Crippen LogP contribution in [-0.2, 0) is 6.61 Å². The van der Waals surface area contributed by atoms with Crippen LogP contribution in [0.25, 0.3) is 0 Å². The van der Waals surface area contributed by atoms with Crippen molar-refractivity contribution in [3.63, 3.8) is 0 Å². The number of nitrogens with one attached hydrogen (secondary N) is 2. The van der Waals surface area contributed by atoms with Crippen molar-refractivity contribution in [1.29, 1.82) is 0 Å². The molecule has 0 spiro atoms. The monoisotopic (exact) mass is 353 g/mol. The molecule has 26 heavy (non-hydrogen) atoms. The maximum atomic E-state index is 12.7. The van der Waals surface area contributed by atoms with Gasteiger partial charge in [0.1, 0.15) is 12.4 Å². The molecule has 5 nitrogen and oxygen atoms in total. The molecule has 0 aliphatic carbocycles. The zero-order valence-corrected chi connectivity index (χ0v) is 15.7. The lowest BCUT2D eigenvalue weighted by atomic mass is 9.94. The van der Waals surface area contributed by atoms with Crippen molar-refractivity contribution >= 4 is 5.91 Å². The highest BCUT2D eigenvalue weighted by molar-refractivity contribution is 5.95. The van der Waals surface area contributed by atoms with E-state index < -0.39 is 0 Å². The Kier molecular flexibility index (Phi) is 5.89. The topological polar surface area (TPSA) is 63.2 Å². The molecule has 2 unspecified atom stereocenters. The molecule has 138 valence electrons. The van der Waals surface area contributed by atoms with Gasteiger partial charge in [-0.25, -0.2) is 0 Å². The van der Waals surface area contributed by atoms with Crippen LogP contribution in [0.2, 0.25) is 0 Å². The van der Waals surface area contributed by atoms with Gasteiger partial charge in [-0.05, 0) is 68.6 Å². The fraction of sp³-hybridized carbons (Fsp3) is 0.429. The molecule has 2 atom stereocenters. The van der Waals surface area contributed by atoms with E-state index in [1.54, 1.807) is 12.4 Å². The molecule has 5 heteroatoms. The highest BCUT2D eigenvalue weighted by Gasteiger charge is 2.23. The minimum atomic E-state index is -0.00578. The molecular formula is C21H27N3O2. The number of hydrogen-bond donors (Lipinski definition) is 2. The summed E-state index contributed by atoms with van der Waals surface area (Å²) < 4.78 is 5.98. The molecule has 0 saturated carbocycles. The SMILES string of the molecule is Cc1cc(C(=O)NC2CCNCC2C)cc(C)c1OCc1cccnc1. The smallest absolute Gasteiger partial charge is 0.251 e. The highest BCUT2D eigenvalue weighted by Crippen LogP contribution is 2.26. The van der Waals surface area contributed by atoms with E-state index in [0.717, 1.165) is 42.0 Å². The minimum absolute atomic E-state index is 0.00578. The van der Waals surface area contributed by atoms with Crippen molar-refractivity contribution in [1.82, 2.24) is 15.6 Å². The predicted octanol–water partition coefficient (Wildman–Crippen LogP) is 3.01. The third-order valence-electron chi connectivity index (χ3n) is 4.93. The quantitative estimate of drug-likeness (QED) is 0.867. The summed E-state index contributed by atoms with van der Waals surface area (Å²) in [6.45, 7) is 8.50. The Hall–Kier alpha value is -2.40. The first-order valence-electron chi connectivity index (χ1n) is 9.19. The molecule has 2 aromatic rings. The molecule has 0 bridgehead atoms. The zero-order chi connectivity index (χ0) is 18.5. The molecule has 1 aromatic carbocycles. The van der Waals surface area contributed by atoms with Crippen LogP contribution in [0.15, 0.2) is 36.7 Å². The number of aromatic nitrogens is 1. The van der Waals surface area contributed by atoms with E-state index >= 15 is 0 Å². The first kappa shape index (κ1) is 18.4. The van der Waals surface area contributed by atoms with E-state index in [0.29, 0.717) is 18.1 Å². The van der Waals surface area contributed by atoms with Gasteiger partial charge in [0.05, 0.1) is 0 Å². The van der Waals surface area contributed by atoms with Crippen molar-refractivity contribution in [2.75, 3.05) is 13.1 Å². The lowest BCUT2D eigenvalue weighted by molar-refractivity contribution is 0.0914. The molecule has 2 heterocycles. The second kappa shape index (κ2) is 8.32. The molecule has 1 aliphatic heterocycles. The summed E-state index contributed by atoms with van der Waals surface area (Å²) in [5, 5.41) is 6.55. The van der Waals surface area contributed by atoms with E-state index in [4.69, 9.17) is 4.74 Å². The van der Waals surface area contributed by atoms with Gasteiger partial charge in [0, 0.05) is 29.6 Å². The van der Waals surface area contributed by atoms with Crippen molar-refractivity contribution in [3.05, 3.63) is 58.9 Å². The van der Waals surface area contributed by atoms with Gasteiger partial charge in [-0.3, -0.25) is 9.78 Å². The zero-order valence-electron chi connectivity index (χ0n) is 15.7. The van der Waals surface area contributed by atoms with E-state index in [9.17, 15) is 4.79 Å². The van der Waals surface area contributed by atoms with Gasteiger partial charge < -0.3 is 15.4 Å². The summed E-state index contributed by atoms with van der Waals surface area (Å²) in [5.41, 5.74) is 3.65. The largest absolute Gasteiger partial charge is 0.488 e. The third kappa shape index (κ3) is 4.41. The summed E-state index contributed by atoms with van der Waals surface area (Å²) in [5.74, 6) is 1.27. The van der Waals surface area contributed by atoms with Crippen LogP contribution in [0, 0.1) is 19.8 Å². The number of piperidine rings is 1. The summed E-state index contributed by atoms with van der Waals surface area (Å²) in [4.78, 5) is 16.8. The molecule has 1 amide bonds. The van der Waals surface area contributed by atoms with Crippen molar-refractivity contribution in [3.8, 4) is 5.75 Å². The summed E-state index contributed by atoms with van der Waals surface area (Å²) in [7, 11) is 0. The first-order valence-corrected chi connectivity index (χ1v) is 9.19. The van der Waals surface area contributed by atoms with Gasteiger partial charge in [0.25, 0.3) is 5.91 Å². The van der Waals surface area contributed by atoms with Gasteiger partial charge >= 0.3 is 0 Å². The Bertz CT molecular complexity index is 738. The average Bonchev–Trinajstić information content (AvgIpc) is 2.63. The molecular weight excluding hydrogens is 326 g/mol. The van der Waals surface area contributed by atoms with Crippen LogP contribution in [0.3, 0.4) is 0 Å². The maximum Gasteiger partial charge on any atom is 0.251 e. The number of rotatable bonds is 5. The maximum absolute atomic E-state index is 12.7. The molecule has 1 aromatic heterocycles. The van der Waals surface area contributed by atoms with E-state index in [2.05, 4.69) is 22.5 Å². The molecule has 1 aliphatic rings. The fourth-order valence-electron chi connectivity index (χ4n) is 3.43. The van der Waals surface area contributed by atoms with E-state index in [1.165, 1.54) is 0 Å². The Morgan fingerprint density at radius 1 is 1.35 bits per heavy atom. The number of ether oxygens (including phenoxy) is 1. The first-order chi connectivity index (χ1) is 12.5. The lowest BCUT2D eigenvalue weighted by Crippen LogP contribution is -2.48. The highest BCUT2D eigenvalue weighted by atomic mass is 16.5. The normalized spacial score (nSPS) is 19.8. The summed E-state index contributed by atoms with van der Waals surface area (Å²) >= 11 is 0. The standard InChI is InChI=1S/C21H27N3O2/c1-14-9-18(21(25)24-19-6-8-23-11-16(19)3)10-15(2)20(14)26-13-17-5-4-7-22-12-17/h4-5,7,9-10,12,16,19,23H,6,8,11,13H2,1-3H3,(H,24,25). The molecule has 3 rings (SSSR count). The van der Waals surface area contributed by atoms with Crippen molar-refractivity contribution < 1.29 is 9.53 Å². The Labute approximate surface area is 155 Å². The number of carbonyl (C=O) groups excluding carboxylic acids is 1. The molecule has 1 saturated heterocycles. The number of pyridine rings is 1. The second-order valence-electron chi connectivity index (χ2n) is 7.14. The van der Waals surface area contributed by atoms with Crippen LogP contribution >= 0.6 is 0 Å². The number of carbonyl (C=O) groups is 1. The number of amides is 1. The van der Waals surface area contributed by atoms with Crippen LogP contribution in [0.1, 0.15) is 40.4 Å². The third-order valence-corrected chi connectivity index (χ3v) is 4.93. The van der Waals surface area contributed by atoms with Gasteiger partial charge in [0.15, 0.2) is 0 Å². The van der Waals surface area contributed by atoms with Crippen molar-refractivity contribution in [2.24, 2.45) is 5.92 Å². The Balaban J connectivity index is 1.69. The minimum Gasteiger partial charge on any atom is -0.488 e. The van der Waals surface area contributed by atoms with Gasteiger partial charge in [-0.2, -0.15) is 0 Å². The van der Waals surface area contributed by atoms with Crippen molar-refractivity contribution in [2.45, 2.75) is 39.8 Å². The van der Waals surface area contributed by atoms with E-state index in [-0.39, 0.29) is 11.9 Å². The predicted molar refractivity (Wildman–Crippen MR) is 102 cm³/mol. The van der Waals surface area contributed by atoms with Gasteiger partial charge in [-0.15, -0.1) is 0 Å². The lowest BCUT2D eigenvalue weighted by Gasteiger charge is -2.30. The number of benzene rings is 1. The number of aryl methyl sites for hydroxylation is 2. The average molecular weight is 353 g/mol. The summed E-state index contributed by atoms with van der Waals surface area (Å²) in [6, 6.07) is 7.93. The second-order valence-corrected chi connectivity index (χ2v) is 7.14. The van der Waals surface area contributed by atoms with E-state index in [1.807, 2.05) is 38.1 Å². The van der Waals surface area contributed by atoms with Crippen LogP contribution < -0.4 is 15.4 Å². The molecule has 1 fully saturated rings. The van der Waals surface area contributed by atoms with Gasteiger partial charge in [0.2, 0.25) is 0 Å². The Morgan fingerprint density at radius 3 is 2.77 bits per heavy atom. The summed E-state index contributed by atoms with van der Waals surface area (Å²) in [6.07, 6.45) is 4.51. The van der Waals surface area contributed by atoms with Crippen LogP contribution in [0.5, 0.6) is 5.75 Å². The number of hydrogen-bond acceptors (Lipinski definition) is 4. The molecule has 2 N–H and O–H groups in total. The Morgan fingerprint density at radius 2 is 2.12 bits per heavy atom. The van der Waals surface area contributed by atoms with Gasteiger partial charge in [-0.1, -0.05) is 13.0 Å². The van der Waals surface area contributed by atoms with Crippen LogP contribution in [0.4, 0.5) is 0 Å². The number of nitrogens with zero attached hydrogens (tertiary/aromatic N) is 1.